The number of hydrogen-bond acceptors (Lipinski definition) is 3. The van der Waals surface area contributed by atoms with Crippen LogP contribution in [0.25, 0.3) is 0 Å². The van der Waals surface area contributed by atoms with E-state index < -0.39 is 0 Å². The molecule has 0 radical (unpaired) electrons. The zero-order valence-corrected chi connectivity index (χ0v) is 12.7. The smallest absolute Gasteiger partial charge is 0.241 e. The van der Waals surface area contributed by atoms with Crippen molar-refractivity contribution < 1.29 is 4.79 Å². The van der Waals surface area contributed by atoms with Gasteiger partial charge in [0, 0.05) is 31.9 Å². The molecular formula is C16H25N3O. The standard InChI is InChI=1S/C16H25N3O/c1-4-15(17-5-2)13-6-8-14(9-7-13)19-11-10-18(3)16(20)12-19/h6-9,15,17H,4-5,10-12H2,1-3H3. The van der Waals surface area contributed by atoms with E-state index >= 15 is 0 Å². The van der Waals surface area contributed by atoms with E-state index in [-0.39, 0.29) is 5.91 Å². The number of likely N-dealkylation sites (N-methyl/N-ethyl adjacent to an activating group) is 1. The molecule has 1 N–H and O–H groups in total. The molecule has 1 saturated heterocycles. The van der Waals surface area contributed by atoms with E-state index in [9.17, 15) is 4.79 Å². The van der Waals surface area contributed by atoms with Gasteiger partial charge in [0.25, 0.3) is 0 Å². The molecule has 1 aliphatic heterocycles. The van der Waals surface area contributed by atoms with Gasteiger partial charge in [0.1, 0.15) is 0 Å². The van der Waals surface area contributed by atoms with Gasteiger partial charge in [0.2, 0.25) is 5.91 Å². The number of benzene rings is 1. The molecule has 4 heteroatoms. The van der Waals surface area contributed by atoms with Crippen molar-refractivity contribution in [1.82, 2.24) is 10.2 Å². The number of nitrogens with zero attached hydrogens (tertiary/aromatic N) is 2. The predicted octanol–water partition coefficient (Wildman–Crippen LogP) is 2.03. The lowest BCUT2D eigenvalue weighted by Crippen LogP contribution is -2.48. The molecule has 20 heavy (non-hydrogen) atoms. The molecule has 110 valence electrons. The van der Waals surface area contributed by atoms with E-state index in [4.69, 9.17) is 0 Å². The molecule has 1 atom stereocenters. The van der Waals surface area contributed by atoms with E-state index in [1.807, 2.05) is 7.05 Å². The highest BCUT2D eigenvalue weighted by atomic mass is 16.2. The summed E-state index contributed by atoms with van der Waals surface area (Å²) >= 11 is 0. The van der Waals surface area contributed by atoms with Crippen LogP contribution in [0.15, 0.2) is 24.3 Å². The highest BCUT2D eigenvalue weighted by molar-refractivity contribution is 5.82. The molecule has 0 aliphatic carbocycles. The lowest BCUT2D eigenvalue weighted by atomic mass is 10.0. The molecule has 1 amide bonds. The Bertz CT molecular complexity index is 444. The predicted molar refractivity (Wildman–Crippen MR) is 83.0 cm³/mol. The number of anilines is 1. The average molecular weight is 275 g/mol. The molecule has 1 aromatic rings. The van der Waals surface area contributed by atoms with E-state index in [0.717, 1.165) is 31.7 Å². The van der Waals surface area contributed by atoms with Crippen molar-refractivity contribution >= 4 is 11.6 Å². The zero-order chi connectivity index (χ0) is 14.5. The molecule has 1 fully saturated rings. The van der Waals surface area contributed by atoms with E-state index in [1.165, 1.54) is 5.56 Å². The highest BCUT2D eigenvalue weighted by Gasteiger charge is 2.21. The van der Waals surface area contributed by atoms with Crippen LogP contribution < -0.4 is 10.2 Å². The Morgan fingerprint density at radius 2 is 1.90 bits per heavy atom. The summed E-state index contributed by atoms with van der Waals surface area (Å²) in [7, 11) is 1.87. The summed E-state index contributed by atoms with van der Waals surface area (Å²) in [5, 5.41) is 3.49. The van der Waals surface area contributed by atoms with Crippen molar-refractivity contribution in [3.05, 3.63) is 29.8 Å². The summed E-state index contributed by atoms with van der Waals surface area (Å²) < 4.78 is 0. The third kappa shape index (κ3) is 3.31. The van der Waals surface area contributed by atoms with Crippen molar-refractivity contribution in [2.75, 3.05) is 38.1 Å². The van der Waals surface area contributed by atoms with Crippen molar-refractivity contribution in [1.29, 1.82) is 0 Å². The van der Waals surface area contributed by atoms with Crippen LogP contribution in [-0.2, 0) is 4.79 Å². The molecule has 1 aromatic carbocycles. The van der Waals surface area contributed by atoms with Gasteiger partial charge in [-0.3, -0.25) is 4.79 Å². The number of nitrogens with one attached hydrogen (secondary N) is 1. The Hall–Kier alpha value is -1.55. The van der Waals surface area contributed by atoms with Crippen LogP contribution in [0.5, 0.6) is 0 Å². The second-order valence-corrected chi connectivity index (χ2v) is 5.35. The van der Waals surface area contributed by atoms with Gasteiger partial charge in [0.05, 0.1) is 6.54 Å². The Balaban J connectivity index is 2.06. The first-order chi connectivity index (χ1) is 9.65. The summed E-state index contributed by atoms with van der Waals surface area (Å²) in [6.45, 7) is 7.50. The monoisotopic (exact) mass is 275 g/mol. The first-order valence-electron chi connectivity index (χ1n) is 7.48. The molecule has 0 spiro atoms. The molecular weight excluding hydrogens is 250 g/mol. The fourth-order valence-electron chi connectivity index (χ4n) is 2.64. The minimum Gasteiger partial charge on any atom is -0.360 e. The molecule has 0 saturated carbocycles. The lowest BCUT2D eigenvalue weighted by molar-refractivity contribution is -0.129. The zero-order valence-electron chi connectivity index (χ0n) is 12.7. The van der Waals surface area contributed by atoms with Crippen LogP contribution in [0.4, 0.5) is 5.69 Å². The molecule has 1 aliphatic rings. The van der Waals surface area contributed by atoms with E-state index in [2.05, 4.69) is 48.3 Å². The highest BCUT2D eigenvalue weighted by Crippen LogP contribution is 2.22. The SMILES string of the molecule is CCNC(CC)c1ccc(N2CCN(C)C(=O)C2)cc1. The minimum absolute atomic E-state index is 0.194. The first-order valence-corrected chi connectivity index (χ1v) is 7.48. The van der Waals surface area contributed by atoms with Gasteiger partial charge in [-0.25, -0.2) is 0 Å². The summed E-state index contributed by atoms with van der Waals surface area (Å²) in [5.74, 6) is 0.194. The summed E-state index contributed by atoms with van der Waals surface area (Å²) in [6.07, 6.45) is 1.08. The van der Waals surface area contributed by atoms with Crippen molar-refractivity contribution in [2.45, 2.75) is 26.3 Å². The molecule has 2 rings (SSSR count). The van der Waals surface area contributed by atoms with Crippen LogP contribution in [0.2, 0.25) is 0 Å². The normalized spacial score (nSPS) is 17.4. The molecule has 0 bridgehead atoms. The number of amides is 1. The summed E-state index contributed by atoms with van der Waals surface area (Å²) in [4.78, 5) is 15.7. The third-order valence-corrected chi connectivity index (χ3v) is 3.98. The van der Waals surface area contributed by atoms with Gasteiger partial charge in [-0.2, -0.15) is 0 Å². The number of carbonyl (C=O) groups excluding carboxylic acids is 1. The van der Waals surface area contributed by atoms with Crippen LogP contribution in [0.3, 0.4) is 0 Å². The van der Waals surface area contributed by atoms with E-state index in [1.54, 1.807) is 4.90 Å². The Labute approximate surface area is 121 Å². The maximum Gasteiger partial charge on any atom is 0.241 e. The Morgan fingerprint density at radius 1 is 1.20 bits per heavy atom. The quantitative estimate of drug-likeness (QED) is 0.893. The van der Waals surface area contributed by atoms with Crippen LogP contribution >= 0.6 is 0 Å². The fourth-order valence-corrected chi connectivity index (χ4v) is 2.64. The molecule has 0 aromatic heterocycles. The second kappa shape index (κ2) is 6.75. The largest absolute Gasteiger partial charge is 0.360 e. The van der Waals surface area contributed by atoms with Crippen molar-refractivity contribution in [3.8, 4) is 0 Å². The van der Waals surface area contributed by atoms with Gasteiger partial charge in [-0.15, -0.1) is 0 Å². The van der Waals surface area contributed by atoms with Crippen molar-refractivity contribution in [2.24, 2.45) is 0 Å². The van der Waals surface area contributed by atoms with Gasteiger partial charge in [-0.05, 0) is 30.7 Å². The number of rotatable bonds is 5. The van der Waals surface area contributed by atoms with Crippen LogP contribution in [-0.4, -0.2) is 44.0 Å². The number of carbonyl (C=O) groups is 1. The molecule has 1 heterocycles. The average Bonchev–Trinajstić information content (AvgIpc) is 2.48. The van der Waals surface area contributed by atoms with Gasteiger partial charge < -0.3 is 15.1 Å². The molecule has 4 nitrogen and oxygen atoms in total. The van der Waals surface area contributed by atoms with Crippen molar-refractivity contribution in [3.63, 3.8) is 0 Å². The minimum atomic E-state index is 0.194. The van der Waals surface area contributed by atoms with Crippen LogP contribution in [0.1, 0.15) is 31.9 Å². The Morgan fingerprint density at radius 3 is 2.45 bits per heavy atom. The first kappa shape index (κ1) is 14.9. The third-order valence-electron chi connectivity index (χ3n) is 3.98. The Kier molecular flexibility index (Phi) is 5.01. The number of piperazine rings is 1. The van der Waals surface area contributed by atoms with Crippen LogP contribution in [0, 0.1) is 0 Å². The maximum absolute atomic E-state index is 11.8. The van der Waals surface area contributed by atoms with Gasteiger partial charge in [0.15, 0.2) is 0 Å². The van der Waals surface area contributed by atoms with Gasteiger partial charge >= 0.3 is 0 Å². The second-order valence-electron chi connectivity index (χ2n) is 5.35. The fraction of sp³-hybridized carbons (Fsp3) is 0.562. The molecule has 1 unspecified atom stereocenters. The summed E-state index contributed by atoms with van der Waals surface area (Å²) in [5.41, 5.74) is 2.46. The van der Waals surface area contributed by atoms with E-state index in [0.29, 0.717) is 12.6 Å². The topological polar surface area (TPSA) is 35.6 Å². The maximum atomic E-state index is 11.8. The summed E-state index contributed by atoms with van der Waals surface area (Å²) in [6, 6.07) is 9.04. The lowest BCUT2D eigenvalue weighted by Gasteiger charge is -2.33. The van der Waals surface area contributed by atoms with Gasteiger partial charge in [-0.1, -0.05) is 26.0 Å². The number of hydrogen-bond donors (Lipinski definition) is 1.